The molecule has 3 saturated heterocycles. The predicted octanol–water partition coefficient (Wildman–Crippen LogP) is 4.07. The molecule has 1 atom stereocenters. The minimum absolute atomic E-state index is 0.0145. The number of aromatic nitrogens is 3. The third-order valence-corrected chi connectivity index (χ3v) is 9.00. The van der Waals surface area contributed by atoms with Crippen molar-refractivity contribution in [1.29, 1.82) is 0 Å². The minimum atomic E-state index is -0.698. The van der Waals surface area contributed by atoms with E-state index in [1.807, 2.05) is 4.90 Å². The van der Waals surface area contributed by atoms with Gasteiger partial charge in [-0.1, -0.05) is 30.3 Å². The Balaban J connectivity index is 1.36. The van der Waals surface area contributed by atoms with Crippen LogP contribution in [0.1, 0.15) is 25.7 Å². The average Bonchev–Trinajstić information content (AvgIpc) is 3.47. The average molecular weight is 575 g/mol. The molecule has 218 valence electrons. The number of hydrogen-bond acceptors (Lipinski definition) is 8. The van der Waals surface area contributed by atoms with Gasteiger partial charge in [0.2, 0.25) is 5.91 Å². The van der Waals surface area contributed by atoms with Crippen molar-refractivity contribution in [1.82, 2.24) is 19.9 Å². The highest BCUT2D eigenvalue weighted by Gasteiger charge is 2.45. The van der Waals surface area contributed by atoms with E-state index < -0.39 is 23.5 Å². The van der Waals surface area contributed by atoms with Gasteiger partial charge in [0.1, 0.15) is 29.5 Å². The fourth-order valence-corrected chi connectivity index (χ4v) is 6.84. The highest BCUT2D eigenvalue weighted by atomic mass is 19.1. The van der Waals surface area contributed by atoms with Gasteiger partial charge in [-0.2, -0.15) is 9.97 Å². The summed E-state index contributed by atoms with van der Waals surface area (Å²) >= 11 is 0. The second kappa shape index (κ2) is 10.7. The molecule has 1 amide bonds. The topological polar surface area (TPSA) is 107 Å². The van der Waals surface area contributed by atoms with E-state index in [2.05, 4.69) is 14.9 Å². The van der Waals surface area contributed by atoms with Gasteiger partial charge in [0.15, 0.2) is 5.82 Å². The van der Waals surface area contributed by atoms with Crippen molar-refractivity contribution in [3.05, 3.63) is 54.2 Å². The van der Waals surface area contributed by atoms with Crippen LogP contribution < -0.4 is 15.4 Å². The Labute approximate surface area is 241 Å². The number of pyridine rings is 1. The van der Waals surface area contributed by atoms with Gasteiger partial charge in [-0.15, -0.1) is 0 Å². The number of carbonyl (C=O) groups is 1. The zero-order valence-corrected chi connectivity index (χ0v) is 23.2. The summed E-state index contributed by atoms with van der Waals surface area (Å²) in [6.07, 6.45) is 5.80. The highest BCUT2D eigenvalue weighted by molar-refractivity contribution is 5.99. The molecule has 0 saturated carbocycles. The molecule has 0 aliphatic carbocycles. The summed E-state index contributed by atoms with van der Waals surface area (Å²) in [6.45, 7) is 3.68. The fourth-order valence-electron chi connectivity index (χ4n) is 6.84. The lowest BCUT2D eigenvalue weighted by atomic mass is 9.95. The van der Waals surface area contributed by atoms with Gasteiger partial charge < -0.3 is 20.1 Å². The molecule has 7 rings (SSSR count). The quantitative estimate of drug-likeness (QED) is 0.368. The van der Waals surface area contributed by atoms with Gasteiger partial charge in [0.25, 0.3) is 0 Å². The molecule has 5 heterocycles. The van der Waals surface area contributed by atoms with Crippen LogP contribution in [0.4, 0.5) is 14.6 Å². The van der Waals surface area contributed by atoms with E-state index in [-0.39, 0.29) is 41.3 Å². The van der Waals surface area contributed by atoms with E-state index in [0.29, 0.717) is 41.9 Å². The van der Waals surface area contributed by atoms with E-state index >= 15 is 4.39 Å². The first kappa shape index (κ1) is 26.9. The van der Waals surface area contributed by atoms with Gasteiger partial charge >= 0.3 is 6.01 Å². The molecule has 2 aromatic carbocycles. The van der Waals surface area contributed by atoms with Crippen LogP contribution >= 0.6 is 0 Å². The largest absolute Gasteiger partial charge is 0.461 e. The first-order valence-electron chi connectivity index (χ1n) is 14.5. The van der Waals surface area contributed by atoms with Crippen LogP contribution in [-0.2, 0) is 9.53 Å². The molecule has 2 aromatic heterocycles. The molecular formula is C31H32F2N6O3. The number of anilines is 1. The molecule has 0 spiro atoms. The molecule has 42 heavy (non-hydrogen) atoms. The molecule has 11 heteroatoms. The molecule has 1 unspecified atom stereocenters. The third kappa shape index (κ3) is 4.60. The molecule has 3 aliphatic heterocycles. The lowest BCUT2D eigenvalue weighted by Crippen LogP contribution is -2.43. The van der Waals surface area contributed by atoms with Gasteiger partial charge in [-0.25, -0.2) is 8.78 Å². The Morgan fingerprint density at radius 3 is 2.67 bits per heavy atom. The summed E-state index contributed by atoms with van der Waals surface area (Å²) < 4.78 is 43.4. The van der Waals surface area contributed by atoms with E-state index in [1.165, 1.54) is 12.3 Å². The summed E-state index contributed by atoms with van der Waals surface area (Å²) in [5.41, 5.74) is 5.91. The summed E-state index contributed by atoms with van der Waals surface area (Å²) in [6, 6.07) is 9.97. The molecule has 9 nitrogen and oxygen atoms in total. The van der Waals surface area contributed by atoms with Gasteiger partial charge in [-0.05, 0) is 50.2 Å². The number of primary amides is 1. The number of fused-ring (bicyclic) bond motifs is 3. The van der Waals surface area contributed by atoms with Crippen molar-refractivity contribution in [2.75, 3.05) is 50.9 Å². The molecule has 0 bridgehead atoms. The fraction of sp³-hybridized carbons (Fsp3) is 0.419. The zero-order chi connectivity index (χ0) is 28.8. The van der Waals surface area contributed by atoms with Gasteiger partial charge in [-0.3, -0.25) is 14.7 Å². The van der Waals surface area contributed by atoms with Gasteiger partial charge in [0, 0.05) is 30.2 Å². The maximum absolute atomic E-state index is 16.5. The van der Waals surface area contributed by atoms with Crippen LogP contribution in [-0.4, -0.2) is 77.3 Å². The predicted molar refractivity (Wildman–Crippen MR) is 154 cm³/mol. The molecule has 3 aliphatic rings. The van der Waals surface area contributed by atoms with Crippen LogP contribution in [0.15, 0.2) is 42.6 Å². The molecule has 3 fully saturated rings. The standard InChI is InChI=1S/C31H32F2N6O3/c32-23-8-2-6-19-5-1-7-21(24(19)23)26-25(33)27-22(15-35-26)29(38-13-14-41-17-20(16-38)28(34)40)37-30(36-27)42-18-31-9-3-11-39(31)12-4-10-31/h1-2,5-8,15,20H,3-4,9-14,16-18H2,(H2,34,40). The molecule has 4 aromatic rings. The van der Waals surface area contributed by atoms with Crippen molar-refractivity contribution in [3.63, 3.8) is 0 Å². The second-order valence-corrected chi connectivity index (χ2v) is 11.5. The first-order chi connectivity index (χ1) is 20.4. The number of halogens is 2. The number of nitrogens with two attached hydrogens (primary N) is 1. The normalized spacial score (nSPS) is 20.6. The monoisotopic (exact) mass is 574 g/mol. The second-order valence-electron chi connectivity index (χ2n) is 11.5. The van der Waals surface area contributed by atoms with Crippen LogP contribution in [0.3, 0.4) is 0 Å². The van der Waals surface area contributed by atoms with Crippen molar-refractivity contribution < 1.29 is 23.0 Å². The number of ether oxygens (including phenoxy) is 2. The summed E-state index contributed by atoms with van der Waals surface area (Å²) in [4.78, 5) is 30.2. The number of amides is 1. The minimum Gasteiger partial charge on any atom is -0.461 e. The summed E-state index contributed by atoms with van der Waals surface area (Å²) in [7, 11) is 0. The maximum Gasteiger partial charge on any atom is 0.319 e. The van der Waals surface area contributed by atoms with E-state index in [4.69, 9.17) is 20.2 Å². The SMILES string of the molecule is NC(=O)C1COCCN(c2nc(OCC34CCCN3CCC4)nc3c(F)c(-c4cccc5cccc(F)c45)ncc23)C1. The zero-order valence-electron chi connectivity index (χ0n) is 23.2. The molecule has 2 N–H and O–H groups in total. The number of carbonyl (C=O) groups excluding carboxylic acids is 1. The van der Waals surface area contributed by atoms with E-state index in [0.717, 1.165) is 38.8 Å². The molecule has 0 radical (unpaired) electrons. The van der Waals surface area contributed by atoms with Gasteiger partial charge in [0.05, 0.1) is 30.1 Å². The maximum atomic E-state index is 16.5. The Morgan fingerprint density at radius 1 is 1.10 bits per heavy atom. The van der Waals surface area contributed by atoms with Crippen molar-refractivity contribution >= 4 is 33.4 Å². The number of nitrogens with zero attached hydrogens (tertiary/aromatic N) is 5. The number of hydrogen-bond donors (Lipinski definition) is 1. The van der Waals surface area contributed by atoms with Crippen molar-refractivity contribution in [3.8, 4) is 17.3 Å². The number of rotatable bonds is 6. The van der Waals surface area contributed by atoms with Crippen LogP contribution in [0, 0.1) is 17.6 Å². The molecular weight excluding hydrogens is 542 g/mol. The number of benzene rings is 2. The van der Waals surface area contributed by atoms with Crippen molar-refractivity contribution in [2.24, 2.45) is 11.7 Å². The third-order valence-electron chi connectivity index (χ3n) is 9.00. The summed E-state index contributed by atoms with van der Waals surface area (Å²) in [5.74, 6) is -1.82. The Bertz CT molecular complexity index is 1670. The Morgan fingerprint density at radius 2 is 1.88 bits per heavy atom. The van der Waals surface area contributed by atoms with Crippen molar-refractivity contribution in [2.45, 2.75) is 31.2 Å². The lowest BCUT2D eigenvalue weighted by molar-refractivity contribution is -0.122. The first-order valence-corrected chi connectivity index (χ1v) is 14.5. The van der Waals surface area contributed by atoms with E-state index in [9.17, 15) is 9.18 Å². The lowest BCUT2D eigenvalue weighted by Gasteiger charge is -2.31. The van der Waals surface area contributed by atoms with Crippen LogP contribution in [0.5, 0.6) is 6.01 Å². The highest BCUT2D eigenvalue weighted by Crippen LogP contribution is 2.40. The Hall–Kier alpha value is -3.96. The van der Waals surface area contributed by atoms with Crippen LogP contribution in [0.2, 0.25) is 0 Å². The Kier molecular flexibility index (Phi) is 6.86. The van der Waals surface area contributed by atoms with E-state index in [1.54, 1.807) is 30.3 Å². The van der Waals surface area contributed by atoms with Crippen LogP contribution in [0.25, 0.3) is 32.9 Å². The summed E-state index contributed by atoms with van der Waals surface area (Å²) in [5, 5.41) is 1.28. The smallest absolute Gasteiger partial charge is 0.319 e.